The van der Waals surface area contributed by atoms with E-state index in [-0.39, 0.29) is 17.1 Å². The van der Waals surface area contributed by atoms with Gasteiger partial charge in [-0.25, -0.2) is 5.84 Å². The number of carbonyl (C=O) groups excluding carboxylic acids is 1. The fraction of sp³-hybridized carbons (Fsp3) is 0.875. The van der Waals surface area contributed by atoms with Crippen molar-refractivity contribution in [1.82, 2.24) is 5.43 Å². The second kappa shape index (κ2) is 7.17. The smallest absolute Gasteiger partial charge is 0.237 e. The molecule has 0 spiro atoms. The molecule has 0 rings (SSSR count). The molecule has 5 N–H and O–H groups in total. The molecule has 1 amide bonds. The molecule has 2 atom stereocenters. The minimum absolute atomic E-state index is 0.0484. The SMILES string of the molecule is CC(SCCCN)C(C)C(=O)NN. The van der Waals surface area contributed by atoms with Crippen LogP contribution in [0.15, 0.2) is 0 Å². The first-order chi connectivity index (χ1) is 6.13. The van der Waals surface area contributed by atoms with E-state index < -0.39 is 0 Å². The van der Waals surface area contributed by atoms with Crippen molar-refractivity contribution in [1.29, 1.82) is 0 Å². The van der Waals surface area contributed by atoms with Crippen molar-refractivity contribution in [2.45, 2.75) is 25.5 Å². The Balaban J connectivity index is 3.68. The largest absolute Gasteiger partial charge is 0.330 e. The van der Waals surface area contributed by atoms with Crippen molar-refractivity contribution in [2.75, 3.05) is 12.3 Å². The van der Waals surface area contributed by atoms with Crippen LogP contribution in [0.3, 0.4) is 0 Å². The summed E-state index contributed by atoms with van der Waals surface area (Å²) >= 11 is 1.76. The summed E-state index contributed by atoms with van der Waals surface area (Å²) < 4.78 is 0. The molecule has 0 heterocycles. The van der Waals surface area contributed by atoms with Crippen LogP contribution in [0.25, 0.3) is 0 Å². The molecule has 0 aromatic rings. The van der Waals surface area contributed by atoms with E-state index in [0.717, 1.165) is 12.2 Å². The zero-order valence-electron chi connectivity index (χ0n) is 8.25. The second-order valence-electron chi connectivity index (χ2n) is 3.02. The highest BCUT2D eigenvalue weighted by atomic mass is 32.2. The topological polar surface area (TPSA) is 81.1 Å². The standard InChI is InChI=1S/C8H19N3OS/c1-6(8(12)11-10)7(2)13-5-3-4-9/h6-7H,3-5,9-10H2,1-2H3,(H,11,12). The zero-order valence-corrected chi connectivity index (χ0v) is 9.06. The fourth-order valence-electron chi connectivity index (χ4n) is 0.842. The van der Waals surface area contributed by atoms with Gasteiger partial charge < -0.3 is 5.73 Å². The van der Waals surface area contributed by atoms with Gasteiger partial charge in [-0.2, -0.15) is 11.8 Å². The van der Waals surface area contributed by atoms with Gasteiger partial charge in [0, 0.05) is 11.2 Å². The monoisotopic (exact) mass is 205 g/mol. The van der Waals surface area contributed by atoms with Crippen LogP contribution in [0, 0.1) is 5.92 Å². The van der Waals surface area contributed by atoms with E-state index in [4.69, 9.17) is 11.6 Å². The number of thioether (sulfide) groups is 1. The van der Waals surface area contributed by atoms with E-state index >= 15 is 0 Å². The van der Waals surface area contributed by atoms with Crippen LogP contribution in [-0.2, 0) is 4.79 Å². The Morgan fingerprint density at radius 1 is 1.54 bits per heavy atom. The summed E-state index contributed by atoms with van der Waals surface area (Å²) in [5, 5.41) is 0.287. The van der Waals surface area contributed by atoms with Crippen molar-refractivity contribution < 1.29 is 4.79 Å². The van der Waals surface area contributed by atoms with Gasteiger partial charge in [-0.1, -0.05) is 13.8 Å². The quantitative estimate of drug-likeness (QED) is 0.248. The average molecular weight is 205 g/mol. The molecular formula is C8H19N3OS. The Hall–Kier alpha value is -0.260. The van der Waals surface area contributed by atoms with Crippen molar-refractivity contribution in [3.05, 3.63) is 0 Å². The summed E-state index contributed by atoms with van der Waals surface area (Å²) in [5.74, 6) is 5.88. The Morgan fingerprint density at radius 3 is 2.62 bits per heavy atom. The van der Waals surface area contributed by atoms with E-state index in [9.17, 15) is 4.79 Å². The van der Waals surface area contributed by atoms with Gasteiger partial charge in [0.05, 0.1) is 0 Å². The molecule has 5 heteroatoms. The number of nitrogens with one attached hydrogen (secondary N) is 1. The molecule has 78 valence electrons. The first kappa shape index (κ1) is 12.7. The molecule has 2 unspecified atom stereocenters. The van der Waals surface area contributed by atoms with E-state index in [1.54, 1.807) is 11.8 Å². The lowest BCUT2D eigenvalue weighted by Crippen LogP contribution is -2.38. The number of carbonyl (C=O) groups is 1. The van der Waals surface area contributed by atoms with Gasteiger partial charge in [0.15, 0.2) is 0 Å². The molecular weight excluding hydrogens is 186 g/mol. The molecule has 13 heavy (non-hydrogen) atoms. The Kier molecular flexibility index (Phi) is 7.03. The normalized spacial score (nSPS) is 15.1. The van der Waals surface area contributed by atoms with Crippen molar-refractivity contribution in [3.8, 4) is 0 Å². The Labute approximate surface area is 83.8 Å². The van der Waals surface area contributed by atoms with Crippen LogP contribution in [0.2, 0.25) is 0 Å². The number of hydrogen-bond acceptors (Lipinski definition) is 4. The highest BCUT2D eigenvalue weighted by molar-refractivity contribution is 7.99. The first-order valence-corrected chi connectivity index (χ1v) is 5.50. The van der Waals surface area contributed by atoms with Gasteiger partial charge in [0.25, 0.3) is 0 Å². The number of amides is 1. The summed E-state index contributed by atoms with van der Waals surface area (Å²) in [4.78, 5) is 11.1. The number of nitrogens with two attached hydrogens (primary N) is 2. The van der Waals surface area contributed by atoms with E-state index in [2.05, 4.69) is 5.43 Å². The third-order valence-corrected chi connectivity index (χ3v) is 3.45. The van der Waals surface area contributed by atoms with E-state index in [1.807, 2.05) is 13.8 Å². The average Bonchev–Trinajstić information content (AvgIpc) is 2.15. The highest BCUT2D eigenvalue weighted by Gasteiger charge is 2.18. The lowest BCUT2D eigenvalue weighted by molar-refractivity contribution is -0.124. The third-order valence-electron chi connectivity index (χ3n) is 1.99. The number of hydrazine groups is 1. The van der Waals surface area contributed by atoms with Crippen LogP contribution in [0.4, 0.5) is 0 Å². The number of rotatable bonds is 6. The summed E-state index contributed by atoms with van der Waals surface area (Å²) in [5.41, 5.74) is 7.52. The summed E-state index contributed by atoms with van der Waals surface area (Å²) in [7, 11) is 0. The van der Waals surface area contributed by atoms with Crippen LogP contribution < -0.4 is 17.0 Å². The summed E-state index contributed by atoms with van der Waals surface area (Å²) in [6, 6.07) is 0. The maximum Gasteiger partial charge on any atom is 0.237 e. The fourth-order valence-corrected chi connectivity index (χ4v) is 1.96. The highest BCUT2D eigenvalue weighted by Crippen LogP contribution is 2.19. The molecule has 0 aliphatic carbocycles. The lowest BCUT2D eigenvalue weighted by Gasteiger charge is -2.17. The predicted molar refractivity (Wildman–Crippen MR) is 57.1 cm³/mol. The minimum atomic E-state index is -0.104. The molecule has 0 bridgehead atoms. The van der Waals surface area contributed by atoms with Crippen molar-refractivity contribution in [2.24, 2.45) is 17.5 Å². The molecule has 0 aliphatic rings. The molecule has 0 saturated carbocycles. The van der Waals surface area contributed by atoms with Gasteiger partial charge in [-0.15, -0.1) is 0 Å². The van der Waals surface area contributed by atoms with Crippen molar-refractivity contribution >= 4 is 17.7 Å². The third kappa shape index (κ3) is 5.13. The molecule has 0 aliphatic heterocycles. The van der Waals surface area contributed by atoms with E-state index in [0.29, 0.717) is 6.54 Å². The van der Waals surface area contributed by atoms with Crippen molar-refractivity contribution in [3.63, 3.8) is 0 Å². The minimum Gasteiger partial charge on any atom is -0.330 e. The predicted octanol–water partition coefficient (Wildman–Crippen LogP) is 0.0829. The van der Waals surface area contributed by atoms with Gasteiger partial charge >= 0.3 is 0 Å². The van der Waals surface area contributed by atoms with Crippen LogP contribution in [0.1, 0.15) is 20.3 Å². The van der Waals surface area contributed by atoms with Gasteiger partial charge in [-0.3, -0.25) is 10.2 Å². The van der Waals surface area contributed by atoms with Crippen LogP contribution >= 0.6 is 11.8 Å². The molecule has 0 aromatic heterocycles. The van der Waals surface area contributed by atoms with Gasteiger partial charge in [0.1, 0.15) is 0 Å². The van der Waals surface area contributed by atoms with Crippen LogP contribution in [-0.4, -0.2) is 23.5 Å². The lowest BCUT2D eigenvalue weighted by atomic mass is 10.1. The zero-order chi connectivity index (χ0) is 10.3. The summed E-state index contributed by atoms with van der Waals surface area (Å²) in [6.07, 6.45) is 0.992. The van der Waals surface area contributed by atoms with Gasteiger partial charge in [-0.05, 0) is 18.7 Å². The first-order valence-electron chi connectivity index (χ1n) is 4.45. The Morgan fingerprint density at radius 2 is 2.15 bits per heavy atom. The molecule has 0 aromatic carbocycles. The van der Waals surface area contributed by atoms with E-state index in [1.165, 1.54) is 0 Å². The van der Waals surface area contributed by atoms with Crippen LogP contribution in [0.5, 0.6) is 0 Å². The van der Waals surface area contributed by atoms with Gasteiger partial charge in [0.2, 0.25) is 5.91 Å². The molecule has 0 fully saturated rings. The molecule has 4 nitrogen and oxygen atoms in total. The second-order valence-corrected chi connectivity index (χ2v) is 4.50. The maximum atomic E-state index is 11.1. The number of hydrogen-bond donors (Lipinski definition) is 3. The molecule has 0 saturated heterocycles. The molecule has 0 radical (unpaired) electrons. The summed E-state index contributed by atoms with van der Waals surface area (Å²) in [6.45, 7) is 4.61. The maximum absolute atomic E-state index is 11.1. The Bertz CT molecular complexity index is 154.